The minimum atomic E-state index is -0.173. The van der Waals surface area contributed by atoms with E-state index in [0.717, 1.165) is 61.2 Å². The average molecular weight is 319 g/mol. The van der Waals surface area contributed by atoms with E-state index < -0.39 is 0 Å². The van der Waals surface area contributed by atoms with Crippen molar-refractivity contribution in [3.63, 3.8) is 0 Å². The van der Waals surface area contributed by atoms with Crippen molar-refractivity contribution in [2.45, 2.75) is 25.4 Å². The van der Waals surface area contributed by atoms with Crippen LogP contribution in [0.4, 0.5) is 0 Å². The molecule has 1 aliphatic rings. The highest BCUT2D eigenvalue weighted by Crippen LogP contribution is 2.27. The van der Waals surface area contributed by atoms with Crippen molar-refractivity contribution in [3.8, 4) is 5.75 Å². The van der Waals surface area contributed by atoms with Crippen molar-refractivity contribution >= 4 is 11.0 Å². The molecule has 0 amide bonds. The number of fused-ring (bicyclic) bond motifs is 1. The van der Waals surface area contributed by atoms with Gasteiger partial charge in [0.2, 0.25) is 0 Å². The highest BCUT2D eigenvalue weighted by Gasteiger charge is 2.16. The van der Waals surface area contributed by atoms with Gasteiger partial charge in [-0.1, -0.05) is 0 Å². The Morgan fingerprint density at radius 1 is 1.35 bits per heavy atom. The van der Waals surface area contributed by atoms with Crippen molar-refractivity contribution in [1.29, 1.82) is 0 Å². The summed E-state index contributed by atoms with van der Waals surface area (Å²) < 4.78 is 16.7. The molecule has 3 rings (SSSR count). The van der Waals surface area contributed by atoms with Crippen LogP contribution in [0.15, 0.2) is 28.9 Å². The maximum absolute atomic E-state index is 9.65. The number of furan rings is 1. The predicted molar refractivity (Wildman–Crippen MR) is 89.0 cm³/mol. The molecular formula is C18H25NO4. The van der Waals surface area contributed by atoms with E-state index in [2.05, 4.69) is 4.90 Å². The lowest BCUT2D eigenvalue weighted by Crippen LogP contribution is -2.40. The van der Waals surface area contributed by atoms with Crippen LogP contribution in [-0.2, 0) is 11.2 Å². The van der Waals surface area contributed by atoms with Crippen LogP contribution in [0, 0.1) is 0 Å². The van der Waals surface area contributed by atoms with Gasteiger partial charge in [0, 0.05) is 24.0 Å². The van der Waals surface area contributed by atoms with Gasteiger partial charge in [0.25, 0.3) is 0 Å². The molecule has 5 nitrogen and oxygen atoms in total. The third-order valence-electron chi connectivity index (χ3n) is 4.40. The van der Waals surface area contributed by atoms with E-state index in [1.165, 1.54) is 0 Å². The highest BCUT2D eigenvalue weighted by molar-refractivity contribution is 5.80. The second-order valence-electron chi connectivity index (χ2n) is 6.08. The number of nitrogens with zero attached hydrogens (tertiary/aromatic N) is 1. The molecule has 0 aliphatic carbocycles. The van der Waals surface area contributed by atoms with E-state index >= 15 is 0 Å². The molecule has 1 unspecified atom stereocenters. The number of β-amino-alcohol motifs (C(OH)–C–C–N with tert-alkyl or cyclic N) is 1. The molecule has 126 valence electrons. The molecular weight excluding hydrogens is 294 g/mol. The highest BCUT2D eigenvalue weighted by atomic mass is 16.5. The number of benzene rings is 1. The molecule has 1 aromatic heterocycles. The third kappa shape index (κ3) is 4.25. The van der Waals surface area contributed by atoms with Gasteiger partial charge in [-0.15, -0.1) is 0 Å². The van der Waals surface area contributed by atoms with Crippen LogP contribution >= 0.6 is 0 Å². The van der Waals surface area contributed by atoms with Crippen LogP contribution in [0.2, 0.25) is 0 Å². The number of aliphatic hydroxyl groups is 1. The molecule has 23 heavy (non-hydrogen) atoms. The number of likely N-dealkylation sites (tertiary alicyclic amines) is 1. The van der Waals surface area contributed by atoms with E-state index in [4.69, 9.17) is 13.9 Å². The first-order chi connectivity index (χ1) is 11.3. The van der Waals surface area contributed by atoms with E-state index in [-0.39, 0.29) is 6.10 Å². The van der Waals surface area contributed by atoms with E-state index in [1.54, 1.807) is 13.4 Å². The maximum Gasteiger partial charge on any atom is 0.134 e. The molecule has 0 saturated carbocycles. The Labute approximate surface area is 136 Å². The van der Waals surface area contributed by atoms with E-state index in [1.807, 2.05) is 18.2 Å². The molecule has 0 bridgehead atoms. The molecule has 5 heteroatoms. The monoisotopic (exact) mass is 319 g/mol. The summed E-state index contributed by atoms with van der Waals surface area (Å²) >= 11 is 0. The lowest BCUT2D eigenvalue weighted by atomic mass is 10.1. The zero-order valence-corrected chi connectivity index (χ0v) is 13.7. The van der Waals surface area contributed by atoms with Crippen LogP contribution in [-0.4, -0.2) is 56.1 Å². The number of hydrogen-bond donors (Lipinski definition) is 1. The lowest BCUT2D eigenvalue weighted by Gasteiger charge is -2.29. The first-order valence-corrected chi connectivity index (χ1v) is 8.28. The van der Waals surface area contributed by atoms with Gasteiger partial charge in [-0.05, 0) is 44.0 Å². The molecule has 1 aromatic carbocycles. The van der Waals surface area contributed by atoms with Crippen LogP contribution in [0.3, 0.4) is 0 Å². The minimum absolute atomic E-state index is 0.173. The first kappa shape index (κ1) is 16.3. The third-order valence-corrected chi connectivity index (χ3v) is 4.40. The Kier molecular flexibility index (Phi) is 5.54. The van der Waals surface area contributed by atoms with Gasteiger partial charge in [0.15, 0.2) is 0 Å². The summed E-state index contributed by atoms with van der Waals surface area (Å²) in [6.45, 7) is 4.05. The number of ether oxygens (including phenoxy) is 2. The largest absolute Gasteiger partial charge is 0.496 e. The summed E-state index contributed by atoms with van der Waals surface area (Å²) in [5.41, 5.74) is 1.98. The number of aliphatic hydroxyl groups excluding tert-OH is 1. The molecule has 1 aliphatic heterocycles. The number of rotatable bonds is 7. The fourth-order valence-electron chi connectivity index (χ4n) is 3.13. The molecule has 2 heterocycles. The lowest BCUT2D eigenvalue weighted by molar-refractivity contribution is 0.0456. The van der Waals surface area contributed by atoms with Crippen molar-refractivity contribution < 1.29 is 19.0 Å². The van der Waals surface area contributed by atoms with Crippen molar-refractivity contribution in [3.05, 3.63) is 30.0 Å². The van der Waals surface area contributed by atoms with Crippen molar-refractivity contribution in [2.24, 2.45) is 0 Å². The summed E-state index contributed by atoms with van der Waals surface area (Å²) in [5.74, 6) is 0.877. The first-order valence-electron chi connectivity index (χ1n) is 8.28. The van der Waals surface area contributed by atoms with Crippen LogP contribution < -0.4 is 4.74 Å². The molecule has 1 atom stereocenters. The van der Waals surface area contributed by atoms with Crippen LogP contribution in [0.5, 0.6) is 5.75 Å². The van der Waals surface area contributed by atoms with Gasteiger partial charge in [-0.3, -0.25) is 4.90 Å². The van der Waals surface area contributed by atoms with Gasteiger partial charge in [-0.25, -0.2) is 0 Å². The van der Waals surface area contributed by atoms with E-state index in [0.29, 0.717) is 13.2 Å². The summed E-state index contributed by atoms with van der Waals surface area (Å²) in [4.78, 5) is 2.27. The Hall–Kier alpha value is -1.56. The van der Waals surface area contributed by atoms with Crippen LogP contribution in [0.1, 0.15) is 18.4 Å². The van der Waals surface area contributed by atoms with Crippen molar-refractivity contribution in [2.75, 3.05) is 40.0 Å². The van der Waals surface area contributed by atoms with Gasteiger partial charge >= 0.3 is 0 Å². The Morgan fingerprint density at radius 3 is 3.09 bits per heavy atom. The molecule has 2 aromatic rings. The van der Waals surface area contributed by atoms with Gasteiger partial charge in [-0.2, -0.15) is 0 Å². The Morgan fingerprint density at radius 2 is 2.26 bits per heavy atom. The molecule has 0 radical (unpaired) electrons. The molecule has 1 fully saturated rings. The topological polar surface area (TPSA) is 55.1 Å². The van der Waals surface area contributed by atoms with E-state index in [9.17, 15) is 5.11 Å². The maximum atomic E-state index is 9.65. The second-order valence-corrected chi connectivity index (χ2v) is 6.08. The zero-order chi connectivity index (χ0) is 16.1. The molecule has 1 N–H and O–H groups in total. The second kappa shape index (κ2) is 7.81. The summed E-state index contributed by atoms with van der Waals surface area (Å²) in [6, 6.07) is 5.97. The standard InChI is InChI=1S/C18H25NO4/c1-21-17-11-15-5-9-23-18(15)12-14(17)4-8-22-10-7-19-6-2-3-16(20)13-19/h5,9,11-12,16,20H,2-4,6-8,10,13H2,1H3. The molecule has 0 spiro atoms. The number of methoxy groups -OCH3 is 1. The summed E-state index contributed by atoms with van der Waals surface area (Å²) in [5, 5.41) is 10.7. The fraction of sp³-hybridized carbons (Fsp3) is 0.556. The fourth-order valence-corrected chi connectivity index (χ4v) is 3.13. The van der Waals surface area contributed by atoms with Gasteiger partial charge in [0.1, 0.15) is 11.3 Å². The van der Waals surface area contributed by atoms with Crippen LogP contribution in [0.25, 0.3) is 11.0 Å². The van der Waals surface area contributed by atoms with Gasteiger partial charge < -0.3 is 19.0 Å². The zero-order valence-electron chi connectivity index (χ0n) is 13.7. The summed E-state index contributed by atoms with van der Waals surface area (Å²) in [7, 11) is 1.69. The smallest absolute Gasteiger partial charge is 0.134 e. The summed E-state index contributed by atoms with van der Waals surface area (Å²) in [6.07, 6.45) is 4.31. The SMILES string of the molecule is COc1cc2ccoc2cc1CCOCCN1CCCC(O)C1. The number of piperidine rings is 1. The Bertz CT molecular complexity index is 625. The quantitative estimate of drug-likeness (QED) is 0.795. The molecule has 1 saturated heterocycles. The normalized spacial score (nSPS) is 19.3. The Balaban J connectivity index is 1.45. The van der Waals surface area contributed by atoms with Crippen molar-refractivity contribution in [1.82, 2.24) is 4.90 Å². The minimum Gasteiger partial charge on any atom is -0.496 e. The van der Waals surface area contributed by atoms with Gasteiger partial charge in [0.05, 0.1) is 32.7 Å². The number of hydrogen-bond acceptors (Lipinski definition) is 5. The predicted octanol–water partition coefficient (Wildman–Crippen LogP) is 2.46. The average Bonchev–Trinajstić information content (AvgIpc) is 3.01.